The van der Waals surface area contributed by atoms with Crippen molar-refractivity contribution in [1.82, 2.24) is 10.3 Å². The molecule has 102 valence electrons. The molecule has 0 radical (unpaired) electrons. The van der Waals surface area contributed by atoms with Crippen LogP contribution in [0.5, 0.6) is 0 Å². The first-order valence-corrected chi connectivity index (χ1v) is 6.57. The van der Waals surface area contributed by atoms with Crippen molar-refractivity contribution in [1.29, 1.82) is 0 Å². The number of anilines is 1. The van der Waals surface area contributed by atoms with E-state index in [1.54, 1.807) is 0 Å². The van der Waals surface area contributed by atoms with Crippen LogP contribution in [0.15, 0.2) is 24.3 Å². The van der Waals surface area contributed by atoms with E-state index in [1.807, 2.05) is 0 Å². The highest BCUT2D eigenvalue weighted by Crippen LogP contribution is 2.21. The van der Waals surface area contributed by atoms with Crippen LogP contribution in [0.3, 0.4) is 0 Å². The Kier molecular flexibility index (Phi) is 4.27. The molecule has 1 aromatic heterocycles. The van der Waals surface area contributed by atoms with E-state index in [2.05, 4.69) is 53.7 Å². The van der Waals surface area contributed by atoms with Crippen LogP contribution in [0, 0.1) is 13.8 Å². The summed E-state index contributed by atoms with van der Waals surface area (Å²) in [6, 6.07) is 9.21. The molecule has 0 amide bonds. The molecular formula is C15H20ClN3. The zero-order valence-corrected chi connectivity index (χ0v) is 12.2. The Morgan fingerprint density at radius 1 is 1.26 bits per heavy atom. The van der Waals surface area contributed by atoms with E-state index >= 15 is 0 Å². The minimum atomic E-state index is 0. The number of aromatic nitrogens is 1. The Labute approximate surface area is 120 Å². The van der Waals surface area contributed by atoms with Gasteiger partial charge in [0.05, 0.1) is 5.52 Å². The average molecular weight is 278 g/mol. The summed E-state index contributed by atoms with van der Waals surface area (Å²) in [7, 11) is 0. The highest BCUT2D eigenvalue weighted by Gasteiger charge is 2.13. The number of nitrogens with zero attached hydrogens (tertiary/aromatic N) is 1. The second-order valence-corrected chi connectivity index (χ2v) is 5.13. The summed E-state index contributed by atoms with van der Waals surface area (Å²) in [4.78, 5) is 4.61. The van der Waals surface area contributed by atoms with Crippen LogP contribution in [0.25, 0.3) is 10.9 Å². The SMILES string of the molecule is Cc1cc2cc(NC3CCNC3)ccc2nc1C.Cl. The minimum absolute atomic E-state index is 0. The van der Waals surface area contributed by atoms with Crippen molar-refractivity contribution in [2.24, 2.45) is 0 Å². The molecule has 0 spiro atoms. The Bertz CT molecular complexity index is 577. The molecule has 1 unspecified atom stereocenters. The van der Waals surface area contributed by atoms with Gasteiger partial charge in [-0.25, -0.2) is 0 Å². The summed E-state index contributed by atoms with van der Waals surface area (Å²) in [5.41, 5.74) is 4.64. The van der Waals surface area contributed by atoms with Gasteiger partial charge in [0.1, 0.15) is 0 Å². The Morgan fingerprint density at radius 3 is 2.84 bits per heavy atom. The molecule has 1 aromatic carbocycles. The van der Waals surface area contributed by atoms with Crippen LogP contribution in [0.2, 0.25) is 0 Å². The van der Waals surface area contributed by atoms with E-state index < -0.39 is 0 Å². The summed E-state index contributed by atoms with van der Waals surface area (Å²) in [6.45, 7) is 6.35. The normalized spacial score (nSPS) is 18.3. The summed E-state index contributed by atoms with van der Waals surface area (Å²) in [5.74, 6) is 0. The Hall–Kier alpha value is -1.32. The lowest BCUT2D eigenvalue weighted by Gasteiger charge is -2.13. The zero-order valence-electron chi connectivity index (χ0n) is 11.4. The number of hydrogen-bond donors (Lipinski definition) is 2. The molecule has 3 nitrogen and oxygen atoms in total. The lowest BCUT2D eigenvalue weighted by molar-refractivity contribution is 0.793. The molecule has 0 bridgehead atoms. The van der Waals surface area contributed by atoms with Crippen molar-refractivity contribution in [3.63, 3.8) is 0 Å². The lowest BCUT2D eigenvalue weighted by Crippen LogP contribution is -2.21. The molecule has 1 fully saturated rings. The number of nitrogens with one attached hydrogen (secondary N) is 2. The highest BCUT2D eigenvalue weighted by molar-refractivity contribution is 5.85. The van der Waals surface area contributed by atoms with Crippen molar-refractivity contribution >= 4 is 29.0 Å². The van der Waals surface area contributed by atoms with Gasteiger partial charge >= 0.3 is 0 Å². The van der Waals surface area contributed by atoms with Gasteiger partial charge in [0.2, 0.25) is 0 Å². The van der Waals surface area contributed by atoms with E-state index in [0.717, 1.165) is 24.3 Å². The third-order valence-corrected chi connectivity index (χ3v) is 3.69. The fraction of sp³-hybridized carbons (Fsp3) is 0.400. The first-order chi connectivity index (χ1) is 8.72. The minimum Gasteiger partial charge on any atom is -0.381 e. The van der Waals surface area contributed by atoms with Crippen LogP contribution in [0.4, 0.5) is 5.69 Å². The molecule has 1 aliphatic rings. The van der Waals surface area contributed by atoms with Crippen molar-refractivity contribution in [3.8, 4) is 0 Å². The molecule has 0 aliphatic carbocycles. The molecular weight excluding hydrogens is 258 g/mol. The molecule has 2 aromatic rings. The molecule has 1 saturated heterocycles. The van der Waals surface area contributed by atoms with Crippen molar-refractivity contribution in [2.45, 2.75) is 26.3 Å². The number of halogens is 1. The first kappa shape index (κ1) is 14.1. The number of aryl methyl sites for hydroxylation is 2. The average Bonchev–Trinajstić information content (AvgIpc) is 2.84. The van der Waals surface area contributed by atoms with Gasteiger partial charge in [-0.15, -0.1) is 12.4 Å². The summed E-state index contributed by atoms with van der Waals surface area (Å²) >= 11 is 0. The fourth-order valence-electron chi connectivity index (χ4n) is 2.48. The van der Waals surface area contributed by atoms with E-state index in [-0.39, 0.29) is 12.4 Å². The largest absolute Gasteiger partial charge is 0.381 e. The van der Waals surface area contributed by atoms with Gasteiger partial charge in [0, 0.05) is 29.4 Å². The molecule has 1 atom stereocenters. The predicted octanol–water partition coefficient (Wildman–Crippen LogP) is 3.05. The van der Waals surface area contributed by atoms with E-state index in [0.29, 0.717) is 6.04 Å². The molecule has 0 saturated carbocycles. The van der Waals surface area contributed by atoms with Gasteiger partial charge in [-0.3, -0.25) is 4.98 Å². The number of pyridine rings is 1. The fourth-order valence-corrected chi connectivity index (χ4v) is 2.48. The van der Waals surface area contributed by atoms with Crippen LogP contribution in [-0.2, 0) is 0 Å². The van der Waals surface area contributed by atoms with Crippen LogP contribution in [0.1, 0.15) is 17.7 Å². The monoisotopic (exact) mass is 277 g/mol. The lowest BCUT2D eigenvalue weighted by atomic mass is 10.1. The molecule has 2 heterocycles. The Balaban J connectivity index is 0.00000133. The van der Waals surface area contributed by atoms with E-state index in [1.165, 1.54) is 23.1 Å². The van der Waals surface area contributed by atoms with Gasteiger partial charge in [-0.2, -0.15) is 0 Å². The smallest absolute Gasteiger partial charge is 0.0706 e. The quantitative estimate of drug-likeness (QED) is 0.886. The van der Waals surface area contributed by atoms with Gasteiger partial charge in [-0.1, -0.05) is 0 Å². The topological polar surface area (TPSA) is 37.0 Å². The molecule has 4 heteroatoms. The van der Waals surface area contributed by atoms with Gasteiger partial charge < -0.3 is 10.6 Å². The van der Waals surface area contributed by atoms with Crippen molar-refractivity contribution < 1.29 is 0 Å². The highest BCUT2D eigenvalue weighted by atomic mass is 35.5. The van der Waals surface area contributed by atoms with Crippen LogP contribution < -0.4 is 10.6 Å². The van der Waals surface area contributed by atoms with Gasteiger partial charge in [0.15, 0.2) is 0 Å². The summed E-state index contributed by atoms with van der Waals surface area (Å²) in [5, 5.41) is 8.16. The number of benzene rings is 1. The number of rotatable bonds is 2. The third-order valence-electron chi connectivity index (χ3n) is 3.69. The van der Waals surface area contributed by atoms with Crippen LogP contribution >= 0.6 is 12.4 Å². The predicted molar refractivity (Wildman–Crippen MR) is 83.4 cm³/mol. The van der Waals surface area contributed by atoms with Gasteiger partial charge in [0.25, 0.3) is 0 Å². The maximum absolute atomic E-state index is 4.61. The Morgan fingerprint density at radius 2 is 2.11 bits per heavy atom. The van der Waals surface area contributed by atoms with Crippen LogP contribution in [-0.4, -0.2) is 24.1 Å². The van der Waals surface area contributed by atoms with E-state index in [9.17, 15) is 0 Å². The molecule has 19 heavy (non-hydrogen) atoms. The zero-order chi connectivity index (χ0) is 12.5. The second-order valence-electron chi connectivity index (χ2n) is 5.13. The maximum atomic E-state index is 4.61. The number of fused-ring (bicyclic) bond motifs is 1. The second kappa shape index (κ2) is 5.76. The van der Waals surface area contributed by atoms with Crippen molar-refractivity contribution in [2.75, 3.05) is 18.4 Å². The summed E-state index contributed by atoms with van der Waals surface area (Å²) in [6.07, 6.45) is 1.20. The van der Waals surface area contributed by atoms with E-state index in [4.69, 9.17) is 0 Å². The maximum Gasteiger partial charge on any atom is 0.0706 e. The number of hydrogen-bond acceptors (Lipinski definition) is 3. The molecule has 3 rings (SSSR count). The molecule has 2 N–H and O–H groups in total. The third kappa shape index (κ3) is 2.99. The standard InChI is InChI=1S/C15H19N3.ClH/c1-10-7-12-8-13(18-14-5-6-16-9-14)3-4-15(12)17-11(10)2;/h3-4,7-8,14,16,18H,5-6,9H2,1-2H3;1H. The van der Waals surface area contributed by atoms with Crippen molar-refractivity contribution in [3.05, 3.63) is 35.5 Å². The first-order valence-electron chi connectivity index (χ1n) is 6.57. The summed E-state index contributed by atoms with van der Waals surface area (Å²) < 4.78 is 0. The van der Waals surface area contributed by atoms with Gasteiger partial charge in [-0.05, 0) is 56.6 Å². The molecule has 1 aliphatic heterocycles.